The van der Waals surface area contributed by atoms with Crippen LogP contribution in [0.2, 0.25) is 0 Å². The van der Waals surface area contributed by atoms with Crippen LogP contribution in [0, 0.1) is 17.8 Å². The van der Waals surface area contributed by atoms with E-state index in [0.717, 1.165) is 34.1 Å². The third-order valence-corrected chi connectivity index (χ3v) is 7.72. The lowest BCUT2D eigenvalue weighted by molar-refractivity contribution is -0.147. The highest BCUT2D eigenvalue weighted by molar-refractivity contribution is 5.97. The van der Waals surface area contributed by atoms with Crippen molar-refractivity contribution in [1.82, 2.24) is 5.32 Å². The molecule has 4 aromatic carbocycles. The molecule has 1 aliphatic rings. The summed E-state index contributed by atoms with van der Waals surface area (Å²) in [6.45, 7) is 1.87. The fourth-order valence-electron chi connectivity index (χ4n) is 5.33. The summed E-state index contributed by atoms with van der Waals surface area (Å²) in [6, 6.07) is 28.6. The largest absolute Gasteiger partial charge is 0.467 e. The first kappa shape index (κ1) is 30.0. The molecule has 0 radical (unpaired) electrons. The molecule has 0 spiro atoms. The number of methoxy groups -OCH3 is 1. The van der Waals surface area contributed by atoms with Gasteiger partial charge in [0.15, 0.2) is 0 Å². The number of carbonyl (C=O) groups is 4. The van der Waals surface area contributed by atoms with Crippen molar-refractivity contribution < 1.29 is 28.7 Å². The van der Waals surface area contributed by atoms with Crippen LogP contribution in [0.3, 0.4) is 0 Å². The highest BCUT2D eigenvalue weighted by Crippen LogP contribution is 2.44. The van der Waals surface area contributed by atoms with Crippen LogP contribution in [0.15, 0.2) is 97.1 Å². The number of ether oxygens (including phenoxy) is 2. The van der Waals surface area contributed by atoms with Crippen molar-refractivity contribution in [2.45, 2.75) is 25.3 Å². The van der Waals surface area contributed by atoms with Gasteiger partial charge in [0.05, 0.1) is 13.5 Å². The Bertz CT molecular complexity index is 1700. The van der Waals surface area contributed by atoms with Crippen molar-refractivity contribution in [2.24, 2.45) is 5.92 Å². The van der Waals surface area contributed by atoms with Gasteiger partial charge in [0.2, 0.25) is 0 Å². The van der Waals surface area contributed by atoms with Crippen molar-refractivity contribution in [3.63, 3.8) is 0 Å². The van der Waals surface area contributed by atoms with Crippen LogP contribution in [0.1, 0.15) is 62.2 Å². The zero-order valence-corrected chi connectivity index (χ0v) is 24.4. The Hall–Kier alpha value is -5.48. The summed E-state index contributed by atoms with van der Waals surface area (Å²) in [5.41, 5.74) is 6.83. The average Bonchev–Trinajstić information content (AvgIpc) is 3.38. The molecule has 0 aromatic heterocycles. The predicted molar refractivity (Wildman–Crippen MR) is 166 cm³/mol. The molecule has 0 saturated heterocycles. The molecule has 2 atom stereocenters. The van der Waals surface area contributed by atoms with Gasteiger partial charge in [-0.15, -0.1) is 0 Å². The van der Waals surface area contributed by atoms with E-state index < -0.39 is 29.8 Å². The smallest absolute Gasteiger partial charge is 0.328 e. The van der Waals surface area contributed by atoms with Crippen LogP contribution in [0.25, 0.3) is 11.1 Å². The van der Waals surface area contributed by atoms with E-state index in [1.54, 1.807) is 55.5 Å². The summed E-state index contributed by atoms with van der Waals surface area (Å²) >= 11 is 0. The summed E-state index contributed by atoms with van der Waals surface area (Å²) in [6.07, 6.45) is 0.687. The molecule has 0 heterocycles. The molecule has 0 saturated carbocycles. The van der Waals surface area contributed by atoms with Gasteiger partial charge in [0, 0.05) is 28.2 Å². The number of carbonyl (C=O) groups excluding carboxylic acids is 4. The van der Waals surface area contributed by atoms with Gasteiger partial charge >= 0.3 is 11.9 Å². The number of nitrogens with one attached hydrogen (secondary N) is 1. The second kappa shape index (κ2) is 13.7. The van der Waals surface area contributed by atoms with E-state index in [9.17, 15) is 19.2 Å². The zero-order chi connectivity index (χ0) is 31.1. The van der Waals surface area contributed by atoms with Gasteiger partial charge < -0.3 is 14.8 Å². The van der Waals surface area contributed by atoms with Crippen LogP contribution in [0.4, 0.5) is 0 Å². The first-order valence-electron chi connectivity index (χ1n) is 14.3. The number of fused-ring (bicyclic) bond motifs is 3. The highest BCUT2D eigenvalue weighted by atomic mass is 16.5. The average molecular weight is 586 g/mol. The molecule has 0 aliphatic heterocycles. The Labute approximate surface area is 256 Å². The standard InChI is InChI=1S/C37H31NO6/c1-24(21-34(40)44-23-33-31-9-5-3-7-29(31)30-8-4-6-10-32(30)33)35(37(42)43-2)38-36(41)28-19-17-26(18-20-28)12-11-25-13-15-27(22-39)16-14-25/h3-10,13-20,22,24,33,35H,21,23H2,1-2H3,(H,38,41)/t24-,35-/m0/s1. The van der Waals surface area contributed by atoms with E-state index in [1.165, 1.54) is 7.11 Å². The molecule has 0 fully saturated rings. The van der Waals surface area contributed by atoms with Crippen molar-refractivity contribution in [3.05, 3.63) is 130 Å². The fourth-order valence-corrected chi connectivity index (χ4v) is 5.33. The van der Waals surface area contributed by atoms with Crippen LogP contribution in [-0.2, 0) is 19.1 Å². The highest BCUT2D eigenvalue weighted by Gasteiger charge is 2.32. The molecule has 5 rings (SSSR count). The monoisotopic (exact) mass is 585 g/mol. The van der Waals surface area contributed by atoms with E-state index in [2.05, 4.69) is 29.3 Å². The molecule has 220 valence electrons. The maximum absolute atomic E-state index is 13.1. The van der Waals surface area contributed by atoms with E-state index >= 15 is 0 Å². The molecule has 0 bridgehead atoms. The Morgan fingerprint density at radius 1 is 0.818 bits per heavy atom. The quantitative estimate of drug-likeness (QED) is 0.157. The van der Waals surface area contributed by atoms with Crippen molar-refractivity contribution >= 4 is 24.1 Å². The first-order chi connectivity index (χ1) is 21.4. The minimum absolute atomic E-state index is 0.0755. The minimum atomic E-state index is -1.05. The second-order valence-corrected chi connectivity index (χ2v) is 10.6. The van der Waals surface area contributed by atoms with Crippen LogP contribution >= 0.6 is 0 Å². The summed E-state index contributed by atoms with van der Waals surface area (Å²) in [5.74, 6) is 3.77. The van der Waals surface area contributed by atoms with Crippen LogP contribution in [0.5, 0.6) is 0 Å². The van der Waals surface area contributed by atoms with Gasteiger partial charge in [-0.25, -0.2) is 4.79 Å². The molecule has 0 unspecified atom stereocenters. The lowest BCUT2D eigenvalue weighted by Gasteiger charge is -2.23. The Kier molecular flexibility index (Phi) is 9.31. The van der Waals surface area contributed by atoms with Crippen molar-refractivity contribution in [2.75, 3.05) is 13.7 Å². The third kappa shape index (κ3) is 6.77. The van der Waals surface area contributed by atoms with E-state index in [1.807, 2.05) is 36.4 Å². The van der Waals surface area contributed by atoms with Gasteiger partial charge in [-0.3, -0.25) is 14.4 Å². The Balaban J connectivity index is 1.19. The van der Waals surface area contributed by atoms with Crippen LogP contribution < -0.4 is 5.32 Å². The second-order valence-electron chi connectivity index (χ2n) is 10.6. The molecule has 44 heavy (non-hydrogen) atoms. The van der Waals surface area contributed by atoms with E-state index in [-0.39, 0.29) is 18.9 Å². The lowest BCUT2D eigenvalue weighted by atomic mass is 9.97. The van der Waals surface area contributed by atoms with Gasteiger partial charge in [0.25, 0.3) is 5.91 Å². The number of rotatable bonds is 9. The Morgan fingerprint density at radius 2 is 1.36 bits per heavy atom. The number of hydrogen-bond acceptors (Lipinski definition) is 6. The molecule has 1 amide bonds. The normalized spacial score (nSPS) is 12.9. The molecule has 1 N–H and O–H groups in total. The maximum Gasteiger partial charge on any atom is 0.328 e. The summed E-state index contributed by atoms with van der Waals surface area (Å²) < 4.78 is 10.6. The molecular weight excluding hydrogens is 554 g/mol. The number of esters is 2. The van der Waals surface area contributed by atoms with Gasteiger partial charge in [-0.1, -0.05) is 79.4 Å². The predicted octanol–water partition coefficient (Wildman–Crippen LogP) is 5.55. The maximum atomic E-state index is 13.1. The minimum Gasteiger partial charge on any atom is -0.467 e. The molecule has 4 aromatic rings. The fraction of sp³-hybridized carbons (Fsp3) is 0.189. The van der Waals surface area contributed by atoms with Gasteiger partial charge in [-0.05, 0) is 64.6 Å². The topological polar surface area (TPSA) is 98.8 Å². The molecule has 1 aliphatic carbocycles. The first-order valence-corrected chi connectivity index (χ1v) is 14.3. The SMILES string of the molecule is COC(=O)[C@@H](NC(=O)c1ccc(C#Cc2ccc(C=O)cc2)cc1)[C@@H](C)CC(=O)OCC1c2ccccc2-c2ccccc21. The summed E-state index contributed by atoms with van der Waals surface area (Å²) in [5, 5.41) is 2.71. The van der Waals surface area contributed by atoms with Crippen molar-refractivity contribution in [3.8, 4) is 23.0 Å². The number of hydrogen-bond donors (Lipinski definition) is 1. The van der Waals surface area contributed by atoms with Gasteiger partial charge in [0.1, 0.15) is 18.9 Å². The van der Waals surface area contributed by atoms with E-state index in [4.69, 9.17) is 9.47 Å². The van der Waals surface area contributed by atoms with Gasteiger partial charge in [-0.2, -0.15) is 0 Å². The number of amides is 1. The summed E-state index contributed by atoms with van der Waals surface area (Å²) in [7, 11) is 1.24. The molecular formula is C37H31NO6. The zero-order valence-electron chi connectivity index (χ0n) is 24.4. The summed E-state index contributed by atoms with van der Waals surface area (Å²) in [4.78, 5) is 49.4. The Morgan fingerprint density at radius 3 is 1.91 bits per heavy atom. The van der Waals surface area contributed by atoms with Crippen LogP contribution in [-0.4, -0.2) is 43.9 Å². The lowest BCUT2D eigenvalue weighted by Crippen LogP contribution is -2.46. The van der Waals surface area contributed by atoms with Crippen molar-refractivity contribution in [1.29, 1.82) is 0 Å². The molecule has 7 heteroatoms. The molecule has 7 nitrogen and oxygen atoms in total. The van der Waals surface area contributed by atoms with E-state index in [0.29, 0.717) is 16.7 Å². The number of benzene rings is 4. The third-order valence-electron chi connectivity index (χ3n) is 7.72. The number of aldehydes is 1.